The number of hydrogen-bond acceptors (Lipinski definition) is 1. The van der Waals surface area contributed by atoms with Crippen molar-refractivity contribution in [1.82, 2.24) is 0 Å². The lowest BCUT2D eigenvalue weighted by Crippen LogP contribution is -2.24. The fourth-order valence-electron chi connectivity index (χ4n) is 1.82. The molecule has 1 heteroatoms. The van der Waals surface area contributed by atoms with Gasteiger partial charge in [-0.05, 0) is 24.8 Å². The summed E-state index contributed by atoms with van der Waals surface area (Å²) in [6, 6.07) is 10.7. The van der Waals surface area contributed by atoms with Crippen LogP contribution in [0.25, 0.3) is 0 Å². The molecule has 0 N–H and O–H groups in total. The highest BCUT2D eigenvalue weighted by atomic mass is 16.5. The van der Waals surface area contributed by atoms with Gasteiger partial charge in [0.2, 0.25) is 0 Å². The molecule has 0 radical (unpaired) electrons. The summed E-state index contributed by atoms with van der Waals surface area (Å²) in [6.07, 6.45) is 0.300. The highest BCUT2D eigenvalue weighted by molar-refractivity contribution is 5.21. The minimum atomic E-state index is 0.232. The van der Waals surface area contributed by atoms with Crippen LogP contribution >= 0.6 is 0 Å². The first-order valence-corrected chi connectivity index (χ1v) is 6.08. The van der Waals surface area contributed by atoms with Gasteiger partial charge >= 0.3 is 0 Å². The molecule has 0 aliphatic heterocycles. The second kappa shape index (κ2) is 5.49. The van der Waals surface area contributed by atoms with Gasteiger partial charge in [0.15, 0.2) is 0 Å². The molecule has 0 heterocycles. The van der Waals surface area contributed by atoms with Crippen molar-refractivity contribution in [2.24, 2.45) is 5.41 Å². The van der Waals surface area contributed by atoms with E-state index in [2.05, 4.69) is 65.0 Å². The van der Waals surface area contributed by atoms with Crippen molar-refractivity contribution in [3.8, 4) is 0 Å². The summed E-state index contributed by atoms with van der Waals surface area (Å²) in [4.78, 5) is 0. The predicted octanol–water partition coefficient (Wildman–Crippen LogP) is 4.24. The molecule has 0 aliphatic rings. The second-order valence-corrected chi connectivity index (χ2v) is 5.71. The first-order chi connectivity index (χ1) is 7.41. The average molecular weight is 220 g/mol. The Morgan fingerprint density at radius 2 is 1.62 bits per heavy atom. The van der Waals surface area contributed by atoms with Crippen LogP contribution in [-0.4, -0.2) is 12.7 Å². The summed E-state index contributed by atoms with van der Waals surface area (Å²) < 4.78 is 5.78. The highest BCUT2D eigenvalue weighted by Crippen LogP contribution is 2.35. The third kappa shape index (κ3) is 3.97. The lowest BCUT2D eigenvalue weighted by Gasteiger charge is -2.31. The standard InChI is InChI=1S/C15H24O/c1-12(2)16-11-14(15(3,4)5)13-9-7-6-8-10-13/h6-10,12,14H,11H2,1-5H3. The van der Waals surface area contributed by atoms with Gasteiger partial charge in [0.1, 0.15) is 0 Å². The van der Waals surface area contributed by atoms with E-state index >= 15 is 0 Å². The van der Waals surface area contributed by atoms with Crippen molar-refractivity contribution in [1.29, 1.82) is 0 Å². The number of hydrogen-bond donors (Lipinski definition) is 0. The Hall–Kier alpha value is -0.820. The Morgan fingerprint density at radius 3 is 2.06 bits per heavy atom. The third-order valence-electron chi connectivity index (χ3n) is 2.84. The summed E-state index contributed by atoms with van der Waals surface area (Å²) in [5.41, 5.74) is 1.60. The molecule has 1 nitrogen and oxygen atoms in total. The van der Waals surface area contributed by atoms with Crippen molar-refractivity contribution < 1.29 is 4.74 Å². The van der Waals surface area contributed by atoms with Gasteiger partial charge in [0.25, 0.3) is 0 Å². The van der Waals surface area contributed by atoms with Gasteiger partial charge < -0.3 is 4.74 Å². The van der Waals surface area contributed by atoms with Crippen LogP contribution in [0, 0.1) is 5.41 Å². The fraction of sp³-hybridized carbons (Fsp3) is 0.600. The zero-order valence-electron chi connectivity index (χ0n) is 11.2. The van der Waals surface area contributed by atoms with Gasteiger partial charge in [0.05, 0.1) is 12.7 Å². The molecule has 0 saturated carbocycles. The summed E-state index contributed by atoms with van der Waals surface area (Å²) in [7, 11) is 0. The van der Waals surface area contributed by atoms with Gasteiger partial charge in [-0.25, -0.2) is 0 Å². The number of ether oxygens (including phenoxy) is 1. The summed E-state index contributed by atoms with van der Waals surface area (Å²) in [5, 5.41) is 0. The van der Waals surface area contributed by atoms with E-state index in [1.54, 1.807) is 0 Å². The second-order valence-electron chi connectivity index (χ2n) is 5.71. The maximum absolute atomic E-state index is 5.78. The van der Waals surface area contributed by atoms with Crippen LogP contribution < -0.4 is 0 Å². The third-order valence-corrected chi connectivity index (χ3v) is 2.84. The van der Waals surface area contributed by atoms with Crippen molar-refractivity contribution in [2.45, 2.75) is 46.6 Å². The molecule has 0 aromatic heterocycles. The number of rotatable bonds is 4. The summed E-state index contributed by atoms with van der Waals surface area (Å²) >= 11 is 0. The molecular formula is C15H24O. The van der Waals surface area contributed by atoms with E-state index in [4.69, 9.17) is 4.74 Å². The van der Waals surface area contributed by atoms with E-state index in [1.807, 2.05) is 0 Å². The van der Waals surface area contributed by atoms with Crippen molar-refractivity contribution in [3.05, 3.63) is 35.9 Å². The van der Waals surface area contributed by atoms with Crippen molar-refractivity contribution in [3.63, 3.8) is 0 Å². The maximum atomic E-state index is 5.78. The lowest BCUT2D eigenvalue weighted by atomic mass is 9.77. The lowest BCUT2D eigenvalue weighted by molar-refractivity contribution is 0.0449. The Kier molecular flexibility index (Phi) is 4.55. The van der Waals surface area contributed by atoms with E-state index in [9.17, 15) is 0 Å². The van der Waals surface area contributed by atoms with E-state index in [1.165, 1.54) is 5.56 Å². The molecule has 0 saturated heterocycles. The van der Waals surface area contributed by atoms with Gasteiger partial charge in [-0.1, -0.05) is 51.1 Å². The normalized spacial score (nSPS) is 14.1. The molecule has 1 unspecified atom stereocenters. The van der Waals surface area contributed by atoms with Gasteiger partial charge in [-0.15, -0.1) is 0 Å². The Balaban J connectivity index is 2.81. The molecule has 0 aliphatic carbocycles. The van der Waals surface area contributed by atoms with Crippen LogP contribution in [0.15, 0.2) is 30.3 Å². The average Bonchev–Trinajstić information content (AvgIpc) is 2.17. The van der Waals surface area contributed by atoms with Gasteiger partial charge in [-0.2, -0.15) is 0 Å². The zero-order valence-corrected chi connectivity index (χ0v) is 11.2. The molecule has 1 atom stereocenters. The Morgan fingerprint density at radius 1 is 1.06 bits per heavy atom. The molecule has 0 fully saturated rings. The van der Waals surface area contributed by atoms with Crippen LogP contribution in [0.2, 0.25) is 0 Å². The maximum Gasteiger partial charge on any atom is 0.0543 e. The minimum Gasteiger partial charge on any atom is -0.378 e. The molecule has 0 spiro atoms. The molecule has 16 heavy (non-hydrogen) atoms. The van der Waals surface area contributed by atoms with E-state index in [-0.39, 0.29) is 5.41 Å². The van der Waals surface area contributed by atoms with E-state index in [0.29, 0.717) is 12.0 Å². The molecule has 90 valence electrons. The molecule has 0 bridgehead atoms. The Bertz CT molecular complexity index is 295. The topological polar surface area (TPSA) is 9.23 Å². The van der Waals surface area contributed by atoms with Crippen LogP contribution in [-0.2, 0) is 4.74 Å². The molecular weight excluding hydrogens is 196 g/mol. The fourth-order valence-corrected chi connectivity index (χ4v) is 1.82. The first-order valence-electron chi connectivity index (χ1n) is 6.08. The Labute approximate surface area is 99.8 Å². The van der Waals surface area contributed by atoms with Crippen molar-refractivity contribution in [2.75, 3.05) is 6.61 Å². The molecule has 1 rings (SSSR count). The van der Waals surface area contributed by atoms with Crippen LogP contribution in [0.3, 0.4) is 0 Å². The van der Waals surface area contributed by atoms with Crippen LogP contribution in [0.4, 0.5) is 0 Å². The zero-order chi connectivity index (χ0) is 12.2. The smallest absolute Gasteiger partial charge is 0.0543 e. The molecule has 0 amide bonds. The number of benzene rings is 1. The quantitative estimate of drug-likeness (QED) is 0.737. The van der Waals surface area contributed by atoms with E-state index < -0.39 is 0 Å². The first kappa shape index (κ1) is 13.2. The largest absolute Gasteiger partial charge is 0.378 e. The van der Waals surface area contributed by atoms with Crippen LogP contribution in [0.1, 0.15) is 46.1 Å². The van der Waals surface area contributed by atoms with Gasteiger partial charge in [-0.3, -0.25) is 0 Å². The van der Waals surface area contributed by atoms with Gasteiger partial charge in [0, 0.05) is 5.92 Å². The minimum absolute atomic E-state index is 0.232. The molecule has 1 aromatic carbocycles. The van der Waals surface area contributed by atoms with E-state index in [0.717, 1.165) is 6.61 Å². The SMILES string of the molecule is CC(C)OCC(c1ccccc1)C(C)(C)C. The molecule has 1 aromatic rings. The van der Waals surface area contributed by atoms with Crippen molar-refractivity contribution >= 4 is 0 Å². The monoisotopic (exact) mass is 220 g/mol. The van der Waals surface area contributed by atoms with Crippen LogP contribution in [0.5, 0.6) is 0 Å². The summed E-state index contributed by atoms with van der Waals surface area (Å²) in [5.74, 6) is 0.455. The highest BCUT2D eigenvalue weighted by Gasteiger charge is 2.26. The predicted molar refractivity (Wildman–Crippen MR) is 69.7 cm³/mol. The summed E-state index contributed by atoms with van der Waals surface area (Å²) in [6.45, 7) is 11.8.